The van der Waals surface area contributed by atoms with Crippen molar-refractivity contribution in [2.75, 3.05) is 25.0 Å². The van der Waals surface area contributed by atoms with Crippen molar-refractivity contribution in [3.63, 3.8) is 0 Å². The number of hydrogen-bond donors (Lipinski definition) is 2. The van der Waals surface area contributed by atoms with Crippen LogP contribution in [0.2, 0.25) is 0 Å². The standard InChI is InChI=1S/C19H22N2O2/c1-2-13-21-19(22)17-11-6-7-12-18(17)20-14-8-15-23-16-9-4-3-5-10-16/h2-7,9-12,20H,1,8,13-15H2,(H,21,22). The van der Waals surface area contributed by atoms with E-state index in [9.17, 15) is 4.79 Å². The van der Waals surface area contributed by atoms with E-state index < -0.39 is 0 Å². The summed E-state index contributed by atoms with van der Waals surface area (Å²) in [7, 11) is 0. The molecule has 0 bridgehead atoms. The van der Waals surface area contributed by atoms with Gasteiger partial charge in [0.1, 0.15) is 5.75 Å². The Morgan fingerprint density at radius 3 is 2.61 bits per heavy atom. The van der Waals surface area contributed by atoms with Gasteiger partial charge in [-0.2, -0.15) is 0 Å². The highest BCUT2D eigenvalue weighted by Crippen LogP contribution is 2.15. The van der Waals surface area contributed by atoms with Gasteiger partial charge in [0, 0.05) is 18.8 Å². The second-order valence-corrected chi connectivity index (χ2v) is 4.99. The van der Waals surface area contributed by atoms with Crippen LogP contribution in [0.4, 0.5) is 5.69 Å². The lowest BCUT2D eigenvalue weighted by atomic mass is 10.1. The predicted octanol–water partition coefficient (Wildman–Crippen LogP) is 3.48. The minimum absolute atomic E-state index is 0.103. The number of hydrogen-bond acceptors (Lipinski definition) is 3. The molecule has 0 unspecified atom stereocenters. The van der Waals surface area contributed by atoms with Gasteiger partial charge >= 0.3 is 0 Å². The summed E-state index contributed by atoms with van der Waals surface area (Å²) in [6, 6.07) is 17.2. The van der Waals surface area contributed by atoms with Crippen molar-refractivity contribution in [3.05, 3.63) is 72.8 Å². The first-order chi connectivity index (χ1) is 11.3. The summed E-state index contributed by atoms with van der Waals surface area (Å²) < 4.78 is 5.64. The molecule has 4 heteroatoms. The van der Waals surface area contributed by atoms with Crippen molar-refractivity contribution in [1.82, 2.24) is 5.32 Å². The summed E-state index contributed by atoms with van der Waals surface area (Å²) in [4.78, 5) is 12.1. The number of carbonyl (C=O) groups excluding carboxylic acids is 1. The van der Waals surface area contributed by atoms with Gasteiger partial charge in [0.15, 0.2) is 0 Å². The monoisotopic (exact) mass is 310 g/mol. The Morgan fingerprint density at radius 1 is 1.09 bits per heavy atom. The minimum atomic E-state index is -0.103. The third kappa shape index (κ3) is 5.51. The van der Waals surface area contributed by atoms with Gasteiger partial charge in [-0.25, -0.2) is 0 Å². The number of rotatable bonds is 9. The molecular formula is C19H22N2O2. The maximum absolute atomic E-state index is 12.1. The molecule has 0 radical (unpaired) electrons. The molecule has 0 aliphatic carbocycles. The molecule has 0 aromatic heterocycles. The van der Waals surface area contributed by atoms with E-state index in [2.05, 4.69) is 17.2 Å². The molecule has 0 spiro atoms. The Morgan fingerprint density at radius 2 is 1.83 bits per heavy atom. The fraction of sp³-hybridized carbons (Fsp3) is 0.211. The lowest BCUT2D eigenvalue weighted by molar-refractivity contribution is 0.0959. The highest BCUT2D eigenvalue weighted by Gasteiger charge is 2.09. The zero-order chi connectivity index (χ0) is 16.3. The highest BCUT2D eigenvalue weighted by atomic mass is 16.5. The molecule has 0 heterocycles. The first-order valence-electron chi connectivity index (χ1n) is 7.71. The van der Waals surface area contributed by atoms with Crippen LogP contribution in [-0.2, 0) is 0 Å². The van der Waals surface area contributed by atoms with Crippen LogP contribution in [0.25, 0.3) is 0 Å². The van der Waals surface area contributed by atoms with Crippen LogP contribution < -0.4 is 15.4 Å². The third-order valence-corrected chi connectivity index (χ3v) is 3.23. The van der Waals surface area contributed by atoms with Crippen LogP contribution in [0, 0.1) is 0 Å². The molecular weight excluding hydrogens is 288 g/mol. The molecule has 0 saturated carbocycles. The van der Waals surface area contributed by atoms with Gasteiger partial charge in [0.25, 0.3) is 5.91 Å². The van der Waals surface area contributed by atoms with E-state index in [-0.39, 0.29) is 5.91 Å². The lowest BCUT2D eigenvalue weighted by Crippen LogP contribution is -2.24. The van der Waals surface area contributed by atoms with Crippen molar-refractivity contribution in [1.29, 1.82) is 0 Å². The maximum atomic E-state index is 12.1. The van der Waals surface area contributed by atoms with E-state index in [1.54, 1.807) is 12.1 Å². The normalized spacial score (nSPS) is 9.91. The number of nitrogens with one attached hydrogen (secondary N) is 2. The van der Waals surface area contributed by atoms with Crippen LogP contribution >= 0.6 is 0 Å². The van der Waals surface area contributed by atoms with Crippen molar-refractivity contribution >= 4 is 11.6 Å². The van der Waals surface area contributed by atoms with Gasteiger partial charge in [-0.1, -0.05) is 36.4 Å². The fourth-order valence-corrected chi connectivity index (χ4v) is 2.10. The van der Waals surface area contributed by atoms with Crippen molar-refractivity contribution in [2.24, 2.45) is 0 Å². The number of carbonyl (C=O) groups is 1. The zero-order valence-electron chi connectivity index (χ0n) is 13.1. The smallest absolute Gasteiger partial charge is 0.253 e. The molecule has 2 rings (SSSR count). The molecule has 0 atom stereocenters. The Bertz CT molecular complexity index is 626. The first-order valence-corrected chi connectivity index (χ1v) is 7.71. The lowest BCUT2D eigenvalue weighted by Gasteiger charge is -2.12. The summed E-state index contributed by atoms with van der Waals surface area (Å²) in [5.41, 5.74) is 1.46. The van der Waals surface area contributed by atoms with Gasteiger partial charge < -0.3 is 15.4 Å². The maximum Gasteiger partial charge on any atom is 0.253 e. The number of anilines is 1. The number of amides is 1. The molecule has 4 nitrogen and oxygen atoms in total. The molecule has 23 heavy (non-hydrogen) atoms. The Hall–Kier alpha value is -2.75. The number of ether oxygens (including phenoxy) is 1. The van der Waals surface area contributed by atoms with Gasteiger partial charge in [0.2, 0.25) is 0 Å². The summed E-state index contributed by atoms with van der Waals surface area (Å²) in [6.07, 6.45) is 2.51. The van der Waals surface area contributed by atoms with Crippen molar-refractivity contribution in [3.8, 4) is 5.75 Å². The van der Waals surface area contributed by atoms with Crippen molar-refractivity contribution in [2.45, 2.75) is 6.42 Å². The van der Waals surface area contributed by atoms with Crippen LogP contribution in [0.5, 0.6) is 5.75 Å². The summed E-state index contributed by atoms with van der Waals surface area (Å²) in [5.74, 6) is 0.769. The van der Waals surface area contributed by atoms with E-state index in [1.807, 2.05) is 48.5 Å². The Labute approximate surface area is 137 Å². The van der Waals surface area contributed by atoms with E-state index in [0.717, 1.165) is 24.4 Å². The quantitative estimate of drug-likeness (QED) is 0.551. The number of para-hydroxylation sites is 2. The molecule has 120 valence electrons. The SMILES string of the molecule is C=CCNC(=O)c1ccccc1NCCCOc1ccccc1. The zero-order valence-corrected chi connectivity index (χ0v) is 13.1. The van der Waals surface area contributed by atoms with E-state index in [1.165, 1.54) is 0 Å². The Kier molecular flexibility index (Phi) is 6.72. The molecule has 0 saturated heterocycles. The minimum Gasteiger partial charge on any atom is -0.494 e. The van der Waals surface area contributed by atoms with Gasteiger partial charge in [0.05, 0.1) is 12.2 Å². The van der Waals surface area contributed by atoms with E-state index in [0.29, 0.717) is 18.7 Å². The molecule has 2 aromatic carbocycles. The van der Waals surface area contributed by atoms with Crippen LogP contribution in [0.15, 0.2) is 67.3 Å². The van der Waals surface area contributed by atoms with Gasteiger partial charge in [-0.3, -0.25) is 4.79 Å². The topological polar surface area (TPSA) is 50.4 Å². The molecule has 0 fully saturated rings. The molecule has 1 amide bonds. The molecule has 2 aromatic rings. The molecule has 0 aliphatic rings. The van der Waals surface area contributed by atoms with Gasteiger partial charge in [-0.05, 0) is 30.7 Å². The van der Waals surface area contributed by atoms with Crippen LogP contribution in [-0.4, -0.2) is 25.6 Å². The predicted molar refractivity (Wildman–Crippen MR) is 94.0 cm³/mol. The highest BCUT2D eigenvalue weighted by molar-refractivity contribution is 5.99. The summed E-state index contributed by atoms with van der Waals surface area (Å²) in [5, 5.41) is 6.08. The first kappa shape index (κ1) is 16.6. The number of benzene rings is 2. The summed E-state index contributed by atoms with van der Waals surface area (Å²) >= 11 is 0. The molecule has 0 aliphatic heterocycles. The average Bonchev–Trinajstić information content (AvgIpc) is 2.60. The van der Waals surface area contributed by atoms with E-state index >= 15 is 0 Å². The van der Waals surface area contributed by atoms with Gasteiger partial charge in [-0.15, -0.1) is 6.58 Å². The Balaban J connectivity index is 1.79. The van der Waals surface area contributed by atoms with Crippen LogP contribution in [0.3, 0.4) is 0 Å². The van der Waals surface area contributed by atoms with Crippen LogP contribution in [0.1, 0.15) is 16.8 Å². The van der Waals surface area contributed by atoms with Crippen molar-refractivity contribution < 1.29 is 9.53 Å². The second-order valence-electron chi connectivity index (χ2n) is 4.99. The largest absolute Gasteiger partial charge is 0.494 e. The van der Waals surface area contributed by atoms with E-state index in [4.69, 9.17) is 4.74 Å². The summed E-state index contributed by atoms with van der Waals surface area (Å²) in [6.45, 7) is 5.42. The second kappa shape index (κ2) is 9.30. The third-order valence-electron chi connectivity index (χ3n) is 3.23. The average molecular weight is 310 g/mol. The molecule has 2 N–H and O–H groups in total. The fourth-order valence-electron chi connectivity index (χ4n) is 2.10.